The van der Waals surface area contributed by atoms with Gasteiger partial charge in [-0.25, -0.2) is 4.39 Å². The number of carbonyl (C=O) groups is 1. The van der Waals surface area contributed by atoms with Crippen molar-refractivity contribution in [1.82, 2.24) is 9.47 Å². The molecule has 2 aromatic carbocycles. The van der Waals surface area contributed by atoms with Gasteiger partial charge in [0.2, 0.25) is 0 Å². The number of amides is 1. The minimum absolute atomic E-state index is 0.221. The molecule has 0 saturated carbocycles. The van der Waals surface area contributed by atoms with Crippen molar-refractivity contribution in [3.8, 4) is 11.3 Å². The molecule has 0 bridgehead atoms. The van der Waals surface area contributed by atoms with E-state index in [4.69, 9.17) is 10.5 Å². The predicted octanol–water partition coefficient (Wildman–Crippen LogP) is 5.24. The number of amidine groups is 1. The largest absolute Gasteiger partial charge is 0.379 e. The van der Waals surface area contributed by atoms with Crippen LogP contribution in [0.4, 0.5) is 10.1 Å². The van der Waals surface area contributed by atoms with Crippen LogP contribution in [0, 0.1) is 12.7 Å². The molecular weight excluding hydrogens is 513 g/mol. The van der Waals surface area contributed by atoms with E-state index >= 15 is 0 Å². The van der Waals surface area contributed by atoms with Gasteiger partial charge in [0.25, 0.3) is 5.91 Å². The number of benzene rings is 2. The fraction of sp³-hybridized carbons (Fsp3) is 0.400. The normalized spacial score (nSPS) is 20.0. The predicted molar refractivity (Wildman–Crippen MR) is 157 cm³/mol. The summed E-state index contributed by atoms with van der Waals surface area (Å²) >= 11 is 1.47. The third kappa shape index (κ3) is 6.21. The van der Waals surface area contributed by atoms with Crippen molar-refractivity contribution in [3.05, 3.63) is 77.2 Å². The molecule has 9 heteroatoms. The lowest BCUT2D eigenvalue weighted by atomic mass is 9.89. The van der Waals surface area contributed by atoms with Gasteiger partial charge in [0, 0.05) is 54.6 Å². The van der Waals surface area contributed by atoms with Gasteiger partial charge in [0.05, 0.1) is 24.3 Å². The van der Waals surface area contributed by atoms with Crippen molar-refractivity contribution < 1.29 is 13.9 Å². The number of nitrogens with two attached hydrogens (primary N) is 1. The summed E-state index contributed by atoms with van der Waals surface area (Å²) in [6.07, 6.45) is 1.64. The number of rotatable bonds is 8. The van der Waals surface area contributed by atoms with Crippen molar-refractivity contribution in [2.75, 3.05) is 43.9 Å². The summed E-state index contributed by atoms with van der Waals surface area (Å²) in [4.78, 5) is 20.5. The van der Waals surface area contributed by atoms with Crippen molar-refractivity contribution in [2.45, 2.75) is 38.8 Å². The van der Waals surface area contributed by atoms with E-state index < -0.39 is 5.54 Å². The van der Waals surface area contributed by atoms with E-state index in [2.05, 4.69) is 31.9 Å². The topological polar surface area (TPSA) is 84.9 Å². The zero-order valence-electron chi connectivity index (χ0n) is 22.6. The first-order valence-electron chi connectivity index (χ1n) is 13.5. The number of thioether (sulfide) groups is 1. The maximum atomic E-state index is 14.9. The summed E-state index contributed by atoms with van der Waals surface area (Å²) < 4.78 is 22.6. The molecule has 39 heavy (non-hydrogen) atoms. The standard InChI is InChI=1S/C30H36FN5O2S/c1-21-24(28(37)33-23-9-10-26(31)25(19-23)30(2)11-18-39-29(32)34-30)20-27(22-7-4-3-5-8-22)36(21)13-6-12-35-14-16-38-17-15-35/h3-5,7-10,19-20H,6,11-18H2,1-2H3,(H2,32,34)(H,33,37). The van der Waals surface area contributed by atoms with Crippen LogP contribution < -0.4 is 11.1 Å². The Hall–Kier alpha value is -3.14. The first-order valence-corrected chi connectivity index (χ1v) is 14.5. The summed E-state index contributed by atoms with van der Waals surface area (Å²) in [5.74, 6) is 0.192. The van der Waals surface area contributed by atoms with E-state index in [-0.39, 0.29) is 11.7 Å². The molecule has 3 aromatic rings. The number of hydrogen-bond acceptors (Lipinski definition) is 6. The van der Waals surface area contributed by atoms with Gasteiger partial charge in [0.15, 0.2) is 5.17 Å². The van der Waals surface area contributed by atoms with Gasteiger partial charge in [0.1, 0.15) is 5.82 Å². The maximum absolute atomic E-state index is 14.9. The summed E-state index contributed by atoms with van der Waals surface area (Å²) in [6, 6.07) is 16.8. The Morgan fingerprint density at radius 2 is 1.92 bits per heavy atom. The highest BCUT2D eigenvalue weighted by Crippen LogP contribution is 2.37. The highest BCUT2D eigenvalue weighted by atomic mass is 32.2. The summed E-state index contributed by atoms with van der Waals surface area (Å²) in [7, 11) is 0. The first kappa shape index (κ1) is 27.4. The van der Waals surface area contributed by atoms with Crippen LogP contribution in [0.25, 0.3) is 11.3 Å². The second-order valence-corrected chi connectivity index (χ2v) is 11.4. The lowest BCUT2D eigenvalue weighted by Gasteiger charge is -2.30. The highest BCUT2D eigenvalue weighted by Gasteiger charge is 2.32. The molecule has 5 rings (SSSR count). The summed E-state index contributed by atoms with van der Waals surface area (Å²) in [6.45, 7) is 9.15. The van der Waals surface area contributed by atoms with E-state index in [9.17, 15) is 9.18 Å². The third-order valence-corrected chi connectivity index (χ3v) is 8.44. The number of nitrogens with one attached hydrogen (secondary N) is 1. The number of hydrogen-bond donors (Lipinski definition) is 2. The number of anilines is 1. The molecule has 0 spiro atoms. The molecule has 1 fully saturated rings. The average molecular weight is 550 g/mol. The minimum Gasteiger partial charge on any atom is -0.379 e. The first-order chi connectivity index (χ1) is 18.8. The average Bonchev–Trinajstić information content (AvgIpc) is 3.27. The van der Waals surface area contributed by atoms with Crippen molar-refractivity contribution in [3.63, 3.8) is 0 Å². The second kappa shape index (κ2) is 11.9. The van der Waals surface area contributed by atoms with Gasteiger partial charge in [-0.05, 0) is 56.5 Å². The van der Waals surface area contributed by atoms with Crippen LogP contribution >= 0.6 is 11.8 Å². The Balaban J connectivity index is 1.39. The van der Waals surface area contributed by atoms with Gasteiger partial charge in [-0.1, -0.05) is 42.1 Å². The fourth-order valence-corrected chi connectivity index (χ4v) is 6.36. The monoisotopic (exact) mass is 549 g/mol. The van der Waals surface area contributed by atoms with E-state index in [1.807, 2.05) is 38.1 Å². The van der Waals surface area contributed by atoms with E-state index in [1.54, 1.807) is 12.1 Å². The van der Waals surface area contributed by atoms with Crippen LogP contribution in [0.3, 0.4) is 0 Å². The molecule has 1 amide bonds. The molecule has 1 unspecified atom stereocenters. The molecule has 0 aliphatic carbocycles. The molecular formula is C30H36FN5O2S. The Bertz CT molecular complexity index is 1350. The van der Waals surface area contributed by atoms with E-state index in [1.165, 1.54) is 17.8 Å². The van der Waals surface area contributed by atoms with Gasteiger partial charge in [-0.3, -0.25) is 14.7 Å². The fourth-order valence-electron chi connectivity index (χ4n) is 5.38. The smallest absolute Gasteiger partial charge is 0.257 e. The Morgan fingerprint density at radius 1 is 1.15 bits per heavy atom. The molecule has 0 radical (unpaired) electrons. The van der Waals surface area contributed by atoms with Crippen molar-refractivity contribution in [1.29, 1.82) is 0 Å². The van der Waals surface area contributed by atoms with E-state index in [0.717, 1.165) is 68.5 Å². The number of carbonyl (C=O) groups excluding carboxylic acids is 1. The number of ether oxygens (including phenoxy) is 1. The van der Waals surface area contributed by atoms with Gasteiger partial charge >= 0.3 is 0 Å². The Labute approximate surface area is 233 Å². The number of aliphatic imine (C=N–C) groups is 1. The highest BCUT2D eigenvalue weighted by molar-refractivity contribution is 8.13. The second-order valence-electron chi connectivity index (χ2n) is 10.3. The molecule has 2 aliphatic heterocycles. The van der Waals surface area contributed by atoms with Gasteiger partial charge in [-0.15, -0.1) is 0 Å². The zero-order chi connectivity index (χ0) is 27.4. The van der Waals surface area contributed by atoms with Crippen LogP contribution in [-0.4, -0.2) is 59.1 Å². The van der Waals surface area contributed by atoms with Crippen molar-refractivity contribution >= 4 is 28.5 Å². The van der Waals surface area contributed by atoms with Crippen LogP contribution in [0.15, 0.2) is 59.6 Å². The van der Waals surface area contributed by atoms with Crippen LogP contribution in [0.5, 0.6) is 0 Å². The molecule has 3 N–H and O–H groups in total. The summed E-state index contributed by atoms with van der Waals surface area (Å²) in [5, 5.41) is 3.46. The molecule has 7 nitrogen and oxygen atoms in total. The zero-order valence-corrected chi connectivity index (χ0v) is 23.4. The quantitative estimate of drug-likeness (QED) is 0.401. The van der Waals surface area contributed by atoms with Gasteiger partial charge in [-0.2, -0.15) is 0 Å². The number of aromatic nitrogens is 1. The van der Waals surface area contributed by atoms with Gasteiger partial charge < -0.3 is 20.4 Å². The number of morpholine rings is 1. The summed E-state index contributed by atoms with van der Waals surface area (Å²) in [5.41, 5.74) is 9.75. The number of nitrogens with zero attached hydrogens (tertiary/aromatic N) is 3. The number of halogens is 1. The third-order valence-electron chi connectivity index (χ3n) is 7.64. The van der Waals surface area contributed by atoms with Crippen LogP contribution in [0.1, 0.15) is 41.4 Å². The van der Waals surface area contributed by atoms with Crippen LogP contribution in [-0.2, 0) is 16.8 Å². The minimum atomic E-state index is -0.764. The molecule has 2 aliphatic rings. The molecule has 1 aromatic heterocycles. The SMILES string of the molecule is Cc1c(C(=O)Nc2ccc(F)c(C3(C)CCSC(N)=N3)c2)cc(-c2ccccc2)n1CCCN1CCOCC1. The maximum Gasteiger partial charge on any atom is 0.257 e. The molecule has 206 valence electrons. The molecule has 1 saturated heterocycles. The molecule has 1 atom stereocenters. The Kier molecular flexibility index (Phi) is 8.40. The lowest BCUT2D eigenvalue weighted by Crippen LogP contribution is -2.37. The van der Waals surface area contributed by atoms with Crippen LogP contribution in [0.2, 0.25) is 0 Å². The van der Waals surface area contributed by atoms with E-state index in [0.29, 0.717) is 28.4 Å². The Morgan fingerprint density at radius 3 is 2.67 bits per heavy atom. The molecule has 3 heterocycles. The lowest BCUT2D eigenvalue weighted by molar-refractivity contribution is 0.0369. The van der Waals surface area contributed by atoms with Crippen molar-refractivity contribution in [2.24, 2.45) is 10.7 Å².